The van der Waals surface area contributed by atoms with Gasteiger partial charge in [0.1, 0.15) is 11.5 Å². The molecule has 3 rings (SSSR count). The van der Waals surface area contributed by atoms with Crippen molar-refractivity contribution in [3.05, 3.63) is 59.2 Å². The van der Waals surface area contributed by atoms with Crippen LogP contribution in [0, 0.1) is 0 Å². The molecule has 0 aliphatic heterocycles. The van der Waals surface area contributed by atoms with Gasteiger partial charge in [-0.15, -0.1) is 0 Å². The maximum Gasteiger partial charge on any atom is 0.237 e. The van der Waals surface area contributed by atoms with E-state index < -0.39 is 5.54 Å². The maximum atomic E-state index is 11.3. The molecule has 1 aliphatic rings. The summed E-state index contributed by atoms with van der Waals surface area (Å²) in [6.45, 7) is 4.14. The first-order valence-electron chi connectivity index (χ1n) is 8.87. The average Bonchev–Trinajstić information content (AvgIpc) is 2.61. The van der Waals surface area contributed by atoms with Gasteiger partial charge in [0.15, 0.2) is 0 Å². The van der Waals surface area contributed by atoms with E-state index in [0.29, 0.717) is 6.54 Å². The van der Waals surface area contributed by atoms with Crippen molar-refractivity contribution in [2.24, 2.45) is 5.73 Å². The highest BCUT2D eigenvalue weighted by Gasteiger charge is 2.23. The van der Waals surface area contributed by atoms with Crippen LogP contribution < -0.4 is 15.8 Å². The highest BCUT2D eigenvalue weighted by atomic mass is 16.5. The topological polar surface area (TPSA) is 64.3 Å². The van der Waals surface area contributed by atoms with Crippen LogP contribution in [0.15, 0.2) is 42.5 Å². The molecule has 1 amide bonds. The Bertz CT molecular complexity index is 751. The average molecular weight is 338 g/mol. The lowest BCUT2D eigenvalue weighted by molar-refractivity contribution is -0.123. The van der Waals surface area contributed by atoms with Crippen LogP contribution in [0.25, 0.3) is 0 Å². The summed E-state index contributed by atoms with van der Waals surface area (Å²) in [6, 6.07) is 14.3. The Labute approximate surface area is 149 Å². The largest absolute Gasteiger partial charge is 0.457 e. The Morgan fingerprint density at radius 1 is 1.04 bits per heavy atom. The summed E-state index contributed by atoms with van der Waals surface area (Å²) in [6.07, 6.45) is 4.88. The third-order valence-corrected chi connectivity index (χ3v) is 4.83. The first-order chi connectivity index (χ1) is 11.9. The number of benzene rings is 2. The van der Waals surface area contributed by atoms with E-state index >= 15 is 0 Å². The molecule has 0 heterocycles. The fraction of sp³-hybridized carbons (Fsp3) is 0.381. The van der Waals surface area contributed by atoms with Crippen LogP contribution in [0.1, 0.15) is 43.4 Å². The van der Waals surface area contributed by atoms with Crippen molar-refractivity contribution < 1.29 is 9.53 Å². The van der Waals surface area contributed by atoms with Gasteiger partial charge in [0.2, 0.25) is 5.91 Å². The Morgan fingerprint density at radius 3 is 2.36 bits per heavy atom. The lowest BCUT2D eigenvalue weighted by Gasteiger charge is -2.22. The lowest BCUT2D eigenvalue weighted by atomic mass is 9.92. The van der Waals surface area contributed by atoms with Crippen molar-refractivity contribution in [2.75, 3.05) is 0 Å². The Kier molecular flexibility index (Phi) is 5.09. The summed E-state index contributed by atoms with van der Waals surface area (Å²) in [7, 11) is 0. The SMILES string of the molecule is CC(C)(NCc1ccc(Oc2ccc3c(c2)CCCC3)cc1)C(N)=O. The summed E-state index contributed by atoms with van der Waals surface area (Å²) >= 11 is 0. The van der Waals surface area contributed by atoms with Crippen molar-refractivity contribution >= 4 is 5.91 Å². The number of hydrogen-bond acceptors (Lipinski definition) is 3. The van der Waals surface area contributed by atoms with Crippen LogP contribution in [-0.2, 0) is 24.2 Å². The summed E-state index contributed by atoms with van der Waals surface area (Å²) in [5, 5.41) is 3.16. The predicted octanol–water partition coefficient (Wildman–Crippen LogP) is 3.71. The monoisotopic (exact) mass is 338 g/mol. The predicted molar refractivity (Wildman–Crippen MR) is 99.7 cm³/mol. The number of nitrogens with two attached hydrogens (primary N) is 1. The molecule has 3 N–H and O–H groups in total. The van der Waals surface area contributed by atoms with Gasteiger partial charge in [-0.3, -0.25) is 10.1 Å². The molecule has 1 aliphatic carbocycles. The molecule has 132 valence electrons. The third kappa shape index (κ3) is 4.40. The van der Waals surface area contributed by atoms with Crippen LogP contribution in [0.5, 0.6) is 11.5 Å². The number of rotatable bonds is 6. The Morgan fingerprint density at radius 2 is 1.68 bits per heavy atom. The molecule has 0 bridgehead atoms. The molecule has 0 saturated carbocycles. The molecule has 4 nitrogen and oxygen atoms in total. The summed E-state index contributed by atoms with van der Waals surface area (Å²) < 4.78 is 5.99. The fourth-order valence-corrected chi connectivity index (χ4v) is 2.99. The van der Waals surface area contributed by atoms with Crippen molar-refractivity contribution in [2.45, 2.75) is 51.6 Å². The van der Waals surface area contributed by atoms with Crippen LogP contribution in [0.3, 0.4) is 0 Å². The summed E-state index contributed by atoms with van der Waals surface area (Å²) in [5.74, 6) is 1.34. The zero-order valence-electron chi connectivity index (χ0n) is 15.0. The van der Waals surface area contributed by atoms with Gasteiger partial charge in [0.05, 0.1) is 5.54 Å². The van der Waals surface area contributed by atoms with Crippen LogP contribution in [0.4, 0.5) is 0 Å². The standard InChI is InChI=1S/C21H26N2O2/c1-21(2,20(22)24)23-14-15-7-10-18(11-8-15)25-19-12-9-16-5-3-4-6-17(16)13-19/h7-13,23H,3-6,14H2,1-2H3,(H2,22,24). The second-order valence-electron chi connectivity index (χ2n) is 7.23. The number of nitrogens with one attached hydrogen (secondary N) is 1. The van der Waals surface area contributed by atoms with E-state index in [0.717, 1.165) is 23.5 Å². The Hall–Kier alpha value is -2.33. The molecule has 4 heteroatoms. The van der Waals surface area contributed by atoms with Gasteiger partial charge in [0, 0.05) is 6.54 Å². The number of primary amides is 1. The number of aryl methyl sites for hydroxylation is 2. The minimum Gasteiger partial charge on any atom is -0.457 e. The maximum absolute atomic E-state index is 11.3. The van der Waals surface area contributed by atoms with E-state index in [4.69, 9.17) is 10.5 Å². The summed E-state index contributed by atoms with van der Waals surface area (Å²) in [4.78, 5) is 11.3. The molecule has 2 aromatic carbocycles. The van der Waals surface area contributed by atoms with Crippen LogP contribution in [0.2, 0.25) is 0 Å². The van der Waals surface area contributed by atoms with Gasteiger partial charge < -0.3 is 10.5 Å². The van der Waals surface area contributed by atoms with E-state index in [1.807, 2.05) is 24.3 Å². The fourth-order valence-electron chi connectivity index (χ4n) is 2.99. The smallest absolute Gasteiger partial charge is 0.237 e. The molecule has 0 atom stereocenters. The van der Waals surface area contributed by atoms with Gasteiger partial charge in [0.25, 0.3) is 0 Å². The van der Waals surface area contributed by atoms with Crippen molar-refractivity contribution in [1.82, 2.24) is 5.32 Å². The number of ether oxygens (including phenoxy) is 1. The van der Waals surface area contributed by atoms with Crippen LogP contribution >= 0.6 is 0 Å². The van der Waals surface area contributed by atoms with Crippen molar-refractivity contribution in [3.63, 3.8) is 0 Å². The molecular formula is C21H26N2O2. The van der Waals surface area contributed by atoms with Gasteiger partial charge in [-0.25, -0.2) is 0 Å². The highest BCUT2D eigenvalue weighted by molar-refractivity contribution is 5.83. The van der Waals surface area contributed by atoms with E-state index in [-0.39, 0.29) is 5.91 Å². The van der Waals surface area contributed by atoms with E-state index in [1.165, 1.54) is 30.4 Å². The minimum absolute atomic E-state index is 0.361. The molecule has 0 radical (unpaired) electrons. The molecule has 0 aromatic heterocycles. The molecule has 2 aromatic rings. The van der Waals surface area contributed by atoms with Crippen LogP contribution in [-0.4, -0.2) is 11.4 Å². The number of amides is 1. The second-order valence-corrected chi connectivity index (χ2v) is 7.23. The molecule has 0 spiro atoms. The second kappa shape index (κ2) is 7.28. The molecule has 25 heavy (non-hydrogen) atoms. The van der Waals surface area contributed by atoms with Crippen molar-refractivity contribution in [1.29, 1.82) is 0 Å². The van der Waals surface area contributed by atoms with E-state index in [1.54, 1.807) is 13.8 Å². The Balaban J connectivity index is 1.62. The zero-order chi connectivity index (χ0) is 17.9. The lowest BCUT2D eigenvalue weighted by Crippen LogP contribution is -2.50. The molecular weight excluding hydrogens is 312 g/mol. The van der Waals surface area contributed by atoms with Gasteiger partial charge >= 0.3 is 0 Å². The highest BCUT2D eigenvalue weighted by Crippen LogP contribution is 2.28. The molecule has 0 fully saturated rings. The first kappa shape index (κ1) is 17.5. The third-order valence-electron chi connectivity index (χ3n) is 4.83. The van der Waals surface area contributed by atoms with Gasteiger partial charge in [-0.2, -0.15) is 0 Å². The first-order valence-corrected chi connectivity index (χ1v) is 8.87. The number of carbonyl (C=O) groups is 1. The molecule has 0 saturated heterocycles. The minimum atomic E-state index is -0.724. The van der Waals surface area contributed by atoms with Gasteiger partial charge in [-0.1, -0.05) is 18.2 Å². The van der Waals surface area contributed by atoms with E-state index in [9.17, 15) is 4.79 Å². The molecule has 0 unspecified atom stereocenters. The zero-order valence-corrected chi connectivity index (χ0v) is 15.0. The van der Waals surface area contributed by atoms with Gasteiger partial charge in [-0.05, 0) is 80.5 Å². The summed E-state index contributed by atoms with van der Waals surface area (Å²) in [5.41, 5.74) is 8.59. The van der Waals surface area contributed by atoms with Crippen molar-refractivity contribution in [3.8, 4) is 11.5 Å². The number of fused-ring (bicyclic) bond motifs is 1. The quantitative estimate of drug-likeness (QED) is 0.844. The number of hydrogen-bond donors (Lipinski definition) is 2. The van der Waals surface area contributed by atoms with E-state index in [2.05, 4.69) is 23.5 Å². The normalized spacial score (nSPS) is 14.0. The number of carbonyl (C=O) groups excluding carboxylic acids is 1.